The van der Waals surface area contributed by atoms with Crippen LogP contribution in [0.5, 0.6) is 0 Å². The Morgan fingerprint density at radius 1 is 0.667 bits per heavy atom. The van der Waals surface area contributed by atoms with E-state index in [2.05, 4.69) is 15.2 Å². The maximum atomic E-state index is 4.42. The predicted molar refractivity (Wildman–Crippen MR) is 88.6 cm³/mol. The van der Waals surface area contributed by atoms with Crippen molar-refractivity contribution in [1.29, 1.82) is 0 Å². The Morgan fingerprint density at radius 2 is 1.33 bits per heavy atom. The van der Waals surface area contributed by atoms with Gasteiger partial charge in [0, 0.05) is 11.1 Å². The molecule has 0 saturated carbocycles. The molecule has 21 heavy (non-hydrogen) atoms. The second-order valence-corrected chi connectivity index (χ2v) is 5.30. The van der Waals surface area contributed by atoms with Gasteiger partial charge in [-0.1, -0.05) is 24.3 Å². The molecule has 0 amide bonds. The quantitative estimate of drug-likeness (QED) is 0.423. The molecular formula is C17H13N3S. The predicted octanol–water partition coefficient (Wildman–Crippen LogP) is 5.91. The summed E-state index contributed by atoms with van der Waals surface area (Å²) in [4.78, 5) is 5.56. The van der Waals surface area contributed by atoms with Crippen LogP contribution < -0.4 is 0 Å². The van der Waals surface area contributed by atoms with Crippen LogP contribution >= 0.6 is 11.3 Å². The minimum atomic E-state index is 0.814. The highest BCUT2D eigenvalue weighted by atomic mass is 32.1. The Bertz CT molecular complexity index is 729. The van der Waals surface area contributed by atoms with Gasteiger partial charge in [0.1, 0.15) is 0 Å². The highest BCUT2D eigenvalue weighted by Crippen LogP contribution is 2.21. The summed E-state index contributed by atoms with van der Waals surface area (Å²) in [5.41, 5.74) is 2.56. The first kappa shape index (κ1) is 13.4. The molecule has 1 aromatic heterocycles. The van der Waals surface area contributed by atoms with Crippen molar-refractivity contribution in [3.63, 3.8) is 0 Å². The zero-order valence-corrected chi connectivity index (χ0v) is 12.1. The van der Waals surface area contributed by atoms with E-state index in [1.54, 1.807) is 11.3 Å². The average molecular weight is 291 g/mol. The van der Waals surface area contributed by atoms with Gasteiger partial charge in [-0.3, -0.25) is 4.99 Å². The highest BCUT2D eigenvalue weighted by molar-refractivity contribution is 7.11. The number of hydrogen-bond donors (Lipinski definition) is 0. The molecule has 0 fully saturated rings. The van der Waals surface area contributed by atoms with Crippen LogP contribution in [-0.4, -0.2) is 6.21 Å². The fraction of sp³-hybridized carbons (Fsp3) is 0. The lowest BCUT2D eigenvalue weighted by molar-refractivity contribution is 1.23. The van der Waals surface area contributed by atoms with Crippen molar-refractivity contribution in [2.75, 3.05) is 0 Å². The van der Waals surface area contributed by atoms with Crippen LogP contribution in [0.25, 0.3) is 0 Å². The fourth-order valence-electron chi connectivity index (χ4n) is 1.72. The van der Waals surface area contributed by atoms with Gasteiger partial charge in [-0.05, 0) is 47.8 Å². The zero-order valence-electron chi connectivity index (χ0n) is 11.3. The molecular weight excluding hydrogens is 278 g/mol. The van der Waals surface area contributed by atoms with Gasteiger partial charge in [-0.15, -0.1) is 11.3 Å². The number of nitrogens with zero attached hydrogens (tertiary/aromatic N) is 3. The summed E-state index contributed by atoms with van der Waals surface area (Å²) >= 11 is 1.67. The van der Waals surface area contributed by atoms with Gasteiger partial charge < -0.3 is 0 Å². The van der Waals surface area contributed by atoms with Crippen LogP contribution in [0.3, 0.4) is 0 Å². The maximum absolute atomic E-state index is 4.42. The monoisotopic (exact) mass is 291 g/mol. The van der Waals surface area contributed by atoms with Gasteiger partial charge in [-0.2, -0.15) is 10.2 Å². The fourth-order valence-corrected chi connectivity index (χ4v) is 2.30. The van der Waals surface area contributed by atoms with Crippen molar-refractivity contribution in [2.45, 2.75) is 0 Å². The van der Waals surface area contributed by atoms with Crippen molar-refractivity contribution in [1.82, 2.24) is 0 Å². The number of thiophene rings is 1. The summed E-state index contributed by atoms with van der Waals surface area (Å²) in [5.74, 6) is 0. The Balaban J connectivity index is 1.68. The summed E-state index contributed by atoms with van der Waals surface area (Å²) < 4.78 is 0. The van der Waals surface area contributed by atoms with Crippen molar-refractivity contribution in [2.24, 2.45) is 15.2 Å². The summed E-state index contributed by atoms with van der Waals surface area (Å²) in [6.45, 7) is 0. The second-order valence-electron chi connectivity index (χ2n) is 4.33. The molecule has 0 saturated heterocycles. The van der Waals surface area contributed by atoms with E-state index in [1.807, 2.05) is 78.3 Å². The van der Waals surface area contributed by atoms with Gasteiger partial charge in [0.15, 0.2) is 0 Å². The molecule has 0 N–H and O–H groups in total. The summed E-state index contributed by atoms with van der Waals surface area (Å²) in [7, 11) is 0. The van der Waals surface area contributed by atoms with E-state index < -0.39 is 0 Å². The number of hydrogen-bond acceptors (Lipinski definition) is 4. The largest absolute Gasteiger partial charge is 0.255 e. The van der Waals surface area contributed by atoms with Gasteiger partial charge >= 0.3 is 0 Å². The van der Waals surface area contributed by atoms with Crippen LogP contribution in [0.4, 0.5) is 17.1 Å². The lowest BCUT2D eigenvalue weighted by Gasteiger charge is -1.95. The number of benzene rings is 2. The van der Waals surface area contributed by atoms with Gasteiger partial charge in [0.05, 0.1) is 17.1 Å². The number of aliphatic imine (C=N–C) groups is 1. The summed E-state index contributed by atoms with van der Waals surface area (Å²) in [6, 6.07) is 21.4. The average Bonchev–Trinajstić information content (AvgIpc) is 3.06. The van der Waals surface area contributed by atoms with E-state index in [-0.39, 0.29) is 0 Å². The molecule has 0 radical (unpaired) electrons. The second kappa shape index (κ2) is 6.72. The van der Waals surface area contributed by atoms with Crippen LogP contribution in [0.1, 0.15) is 4.88 Å². The van der Waals surface area contributed by atoms with Gasteiger partial charge in [0.25, 0.3) is 0 Å². The van der Waals surface area contributed by atoms with Crippen LogP contribution in [0.15, 0.2) is 87.3 Å². The zero-order chi connectivity index (χ0) is 14.3. The smallest absolute Gasteiger partial charge is 0.0858 e. The number of rotatable bonds is 4. The molecule has 1 heterocycles. The highest BCUT2D eigenvalue weighted by Gasteiger charge is 1.93. The Hall–Kier alpha value is -2.59. The van der Waals surface area contributed by atoms with Crippen molar-refractivity contribution in [3.8, 4) is 0 Å². The van der Waals surface area contributed by atoms with Crippen LogP contribution in [0.2, 0.25) is 0 Å². The van der Waals surface area contributed by atoms with E-state index >= 15 is 0 Å². The normalized spacial score (nSPS) is 11.4. The van der Waals surface area contributed by atoms with Gasteiger partial charge in [0.2, 0.25) is 0 Å². The SMILES string of the molecule is C(=Nc1ccc(N=Nc2ccccc2)cc1)c1cccs1. The molecule has 0 aliphatic heterocycles. The third-order valence-corrected chi connectivity index (χ3v) is 3.58. The molecule has 102 valence electrons. The molecule has 2 aromatic carbocycles. The first-order valence-electron chi connectivity index (χ1n) is 6.54. The third kappa shape index (κ3) is 3.94. The first-order valence-corrected chi connectivity index (χ1v) is 7.42. The van der Waals surface area contributed by atoms with E-state index in [4.69, 9.17) is 0 Å². The molecule has 3 rings (SSSR count). The molecule has 0 aliphatic carbocycles. The summed E-state index contributed by atoms with van der Waals surface area (Å²) in [5, 5.41) is 10.4. The molecule has 4 heteroatoms. The van der Waals surface area contributed by atoms with Crippen molar-refractivity contribution >= 4 is 34.6 Å². The van der Waals surface area contributed by atoms with Crippen LogP contribution in [-0.2, 0) is 0 Å². The number of azo groups is 1. The van der Waals surface area contributed by atoms with E-state index in [0.717, 1.165) is 21.9 Å². The molecule has 0 bridgehead atoms. The first-order chi connectivity index (χ1) is 10.4. The molecule has 0 aliphatic rings. The third-order valence-electron chi connectivity index (χ3n) is 2.77. The molecule has 0 spiro atoms. The van der Waals surface area contributed by atoms with E-state index in [1.165, 1.54) is 0 Å². The molecule has 3 aromatic rings. The Labute approximate surface area is 127 Å². The Kier molecular flexibility index (Phi) is 4.29. The molecule has 0 unspecified atom stereocenters. The Morgan fingerprint density at radius 3 is 2.00 bits per heavy atom. The van der Waals surface area contributed by atoms with E-state index in [0.29, 0.717) is 0 Å². The molecule has 3 nitrogen and oxygen atoms in total. The topological polar surface area (TPSA) is 37.1 Å². The van der Waals surface area contributed by atoms with E-state index in [9.17, 15) is 0 Å². The summed E-state index contributed by atoms with van der Waals surface area (Å²) in [6.07, 6.45) is 1.87. The minimum absolute atomic E-state index is 0.814. The maximum Gasteiger partial charge on any atom is 0.0858 e. The lowest BCUT2D eigenvalue weighted by atomic mass is 10.3. The van der Waals surface area contributed by atoms with Crippen LogP contribution in [0, 0.1) is 0 Å². The van der Waals surface area contributed by atoms with Crippen molar-refractivity contribution in [3.05, 3.63) is 77.0 Å². The molecule has 0 atom stereocenters. The lowest BCUT2D eigenvalue weighted by Crippen LogP contribution is -1.71. The van der Waals surface area contributed by atoms with Crippen molar-refractivity contribution < 1.29 is 0 Å². The van der Waals surface area contributed by atoms with Gasteiger partial charge in [-0.25, -0.2) is 0 Å². The standard InChI is InChI=1S/C17H13N3S/c1-2-5-15(6-3-1)19-20-16-10-8-14(9-11-16)18-13-17-7-4-12-21-17/h1-13H. The minimum Gasteiger partial charge on any atom is -0.255 e.